The zero-order chi connectivity index (χ0) is 13.9. The lowest BCUT2D eigenvalue weighted by Crippen LogP contribution is -2.25. The molecule has 1 aliphatic heterocycles. The van der Waals surface area contributed by atoms with Crippen LogP contribution in [0.1, 0.15) is 28.9 Å². The first kappa shape index (κ1) is 13.1. The Morgan fingerprint density at radius 3 is 2.90 bits per heavy atom. The van der Waals surface area contributed by atoms with E-state index in [4.69, 9.17) is 9.47 Å². The maximum atomic E-state index is 11.2. The quantitative estimate of drug-likeness (QED) is 0.899. The van der Waals surface area contributed by atoms with E-state index in [1.807, 2.05) is 12.1 Å². The number of aromatic amines is 1. The fraction of sp³-hybridized carbons (Fsp3) is 0.400. The monoisotopic (exact) mass is 275 g/mol. The van der Waals surface area contributed by atoms with Gasteiger partial charge in [-0.3, -0.25) is 0 Å². The summed E-state index contributed by atoms with van der Waals surface area (Å²) in [4.78, 5) is 14.4. The number of carbonyl (C=O) groups is 1. The van der Waals surface area contributed by atoms with E-state index in [9.17, 15) is 9.90 Å². The predicted octanol–water partition coefficient (Wildman–Crippen LogP) is 2.56. The Morgan fingerprint density at radius 1 is 1.35 bits per heavy atom. The van der Waals surface area contributed by atoms with Gasteiger partial charge in [-0.15, -0.1) is 0 Å². The van der Waals surface area contributed by atoms with Crippen LogP contribution in [0, 0.1) is 0 Å². The number of aromatic carboxylic acids is 1. The molecule has 5 heteroatoms. The number of nitrogens with one attached hydrogen (secondary N) is 1. The average molecular weight is 275 g/mol. The summed E-state index contributed by atoms with van der Waals surface area (Å²) < 4.78 is 11.0. The van der Waals surface area contributed by atoms with Gasteiger partial charge in [-0.25, -0.2) is 4.79 Å². The molecule has 1 aromatic carbocycles. The first-order valence-corrected chi connectivity index (χ1v) is 6.81. The second-order valence-corrected chi connectivity index (χ2v) is 4.93. The average Bonchev–Trinajstić information content (AvgIpc) is 2.88. The number of hydrogen-bond donors (Lipinski definition) is 2. The molecule has 1 saturated heterocycles. The molecule has 2 heterocycles. The lowest BCUT2D eigenvalue weighted by Gasteiger charge is -2.22. The minimum Gasteiger partial charge on any atom is -0.478 e. The Kier molecular flexibility index (Phi) is 3.71. The van der Waals surface area contributed by atoms with Gasteiger partial charge in [-0.05, 0) is 31.0 Å². The second kappa shape index (κ2) is 5.64. The van der Waals surface area contributed by atoms with Crippen molar-refractivity contribution < 1.29 is 19.4 Å². The Hall–Kier alpha value is -1.85. The van der Waals surface area contributed by atoms with Gasteiger partial charge < -0.3 is 19.6 Å². The Morgan fingerprint density at radius 2 is 2.15 bits per heavy atom. The fourth-order valence-corrected chi connectivity index (χ4v) is 2.51. The highest BCUT2D eigenvalue weighted by Crippen LogP contribution is 2.21. The van der Waals surface area contributed by atoms with Gasteiger partial charge in [0.25, 0.3) is 0 Å². The molecule has 5 nitrogen and oxygen atoms in total. The Labute approximate surface area is 116 Å². The number of aromatic nitrogens is 1. The summed E-state index contributed by atoms with van der Waals surface area (Å²) in [6, 6.07) is 7.16. The molecule has 0 amide bonds. The highest BCUT2D eigenvalue weighted by atomic mass is 16.7. The second-order valence-electron chi connectivity index (χ2n) is 4.93. The van der Waals surface area contributed by atoms with Gasteiger partial charge in [0, 0.05) is 23.0 Å². The minimum atomic E-state index is -0.903. The van der Waals surface area contributed by atoms with Crippen LogP contribution >= 0.6 is 0 Å². The van der Waals surface area contributed by atoms with Crippen molar-refractivity contribution in [1.29, 1.82) is 0 Å². The molecule has 20 heavy (non-hydrogen) atoms. The molecule has 0 bridgehead atoms. The van der Waals surface area contributed by atoms with E-state index < -0.39 is 5.97 Å². The lowest BCUT2D eigenvalue weighted by molar-refractivity contribution is -0.180. The smallest absolute Gasteiger partial charge is 0.336 e. The summed E-state index contributed by atoms with van der Waals surface area (Å²) in [5, 5.41) is 9.92. The minimum absolute atomic E-state index is 0.144. The number of H-pyrrole nitrogens is 1. The largest absolute Gasteiger partial charge is 0.478 e. The topological polar surface area (TPSA) is 71.5 Å². The van der Waals surface area contributed by atoms with E-state index in [2.05, 4.69) is 4.98 Å². The SMILES string of the molecule is O=C(O)c1cccc2[nH]c(CCC3OCCCO3)cc12. The van der Waals surface area contributed by atoms with Gasteiger partial charge in [-0.2, -0.15) is 0 Å². The van der Waals surface area contributed by atoms with Crippen LogP contribution < -0.4 is 0 Å². The molecule has 0 aliphatic carbocycles. The molecule has 0 saturated carbocycles. The van der Waals surface area contributed by atoms with Gasteiger partial charge in [0.2, 0.25) is 0 Å². The molecule has 3 rings (SSSR count). The molecule has 0 unspecified atom stereocenters. The first-order chi connectivity index (χ1) is 9.74. The van der Waals surface area contributed by atoms with E-state index >= 15 is 0 Å². The molecular weight excluding hydrogens is 258 g/mol. The normalized spacial score (nSPS) is 16.6. The molecule has 1 fully saturated rings. The molecule has 106 valence electrons. The molecule has 0 atom stereocenters. The summed E-state index contributed by atoms with van der Waals surface area (Å²) in [5.74, 6) is -0.903. The summed E-state index contributed by atoms with van der Waals surface area (Å²) in [7, 11) is 0. The Balaban J connectivity index is 1.75. The van der Waals surface area contributed by atoms with Crippen molar-refractivity contribution in [2.45, 2.75) is 25.6 Å². The zero-order valence-electron chi connectivity index (χ0n) is 11.1. The standard InChI is InChI=1S/C15H17NO4/c17-15(18)11-3-1-4-13-12(11)9-10(16-13)5-6-14-19-7-2-8-20-14/h1,3-4,9,14,16H,2,5-8H2,(H,17,18). The maximum absolute atomic E-state index is 11.2. The van der Waals surface area contributed by atoms with Gasteiger partial charge in [0.1, 0.15) is 0 Å². The molecule has 0 spiro atoms. The number of rotatable bonds is 4. The number of carboxylic acids is 1. The summed E-state index contributed by atoms with van der Waals surface area (Å²) in [5.41, 5.74) is 2.19. The predicted molar refractivity (Wildman–Crippen MR) is 73.9 cm³/mol. The third kappa shape index (κ3) is 2.69. The Bertz CT molecular complexity index is 613. The first-order valence-electron chi connectivity index (χ1n) is 6.81. The fourth-order valence-electron chi connectivity index (χ4n) is 2.51. The van der Waals surface area contributed by atoms with Crippen LogP contribution in [-0.4, -0.2) is 35.6 Å². The van der Waals surface area contributed by atoms with Crippen molar-refractivity contribution in [3.05, 3.63) is 35.5 Å². The van der Waals surface area contributed by atoms with Gasteiger partial charge in [0.05, 0.1) is 18.8 Å². The van der Waals surface area contributed by atoms with Crippen molar-refractivity contribution >= 4 is 16.9 Å². The van der Waals surface area contributed by atoms with Crippen LogP contribution in [0.5, 0.6) is 0 Å². The van der Waals surface area contributed by atoms with Gasteiger partial charge >= 0.3 is 5.97 Å². The molecular formula is C15H17NO4. The van der Waals surface area contributed by atoms with Crippen molar-refractivity contribution in [2.75, 3.05) is 13.2 Å². The van der Waals surface area contributed by atoms with Gasteiger partial charge in [-0.1, -0.05) is 6.07 Å². The van der Waals surface area contributed by atoms with E-state index in [0.29, 0.717) is 5.56 Å². The highest BCUT2D eigenvalue weighted by molar-refractivity contribution is 6.03. The maximum Gasteiger partial charge on any atom is 0.336 e. The van der Waals surface area contributed by atoms with Crippen molar-refractivity contribution in [1.82, 2.24) is 4.98 Å². The zero-order valence-corrected chi connectivity index (χ0v) is 11.1. The van der Waals surface area contributed by atoms with E-state index in [0.717, 1.165) is 49.1 Å². The third-order valence-corrected chi connectivity index (χ3v) is 3.50. The molecule has 1 aromatic heterocycles. The molecule has 0 radical (unpaired) electrons. The molecule has 2 aromatic rings. The van der Waals surface area contributed by atoms with E-state index in [-0.39, 0.29) is 6.29 Å². The number of aryl methyl sites for hydroxylation is 1. The van der Waals surface area contributed by atoms with Crippen molar-refractivity contribution in [3.63, 3.8) is 0 Å². The van der Waals surface area contributed by atoms with Gasteiger partial charge in [0.15, 0.2) is 6.29 Å². The lowest BCUT2D eigenvalue weighted by atomic mass is 10.1. The summed E-state index contributed by atoms with van der Waals surface area (Å²) in [6.07, 6.45) is 2.35. The van der Waals surface area contributed by atoms with Crippen LogP contribution in [0.3, 0.4) is 0 Å². The van der Waals surface area contributed by atoms with Crippen LogP contribution in [0.25, 0.3) is 10.9 Å². The number of ether oxygens (including phenoxy) is 2. The van der Waals surface area contributed by atoms with E-state index in [1.165, 1.54) is 0 Å². The number of carboxylic acid groups (broad SMARTS) is 1. The van der Waals surface area contributed by atoms with Crippen LogP contribution in [0.4, 0.5) is 0 Å². The highest BCUT2D eigenvalue weighted by Gasteiger charge is 2.15. The van der Waals surface area contributed by atoms with Crippen LogP contribution in [0.2, 0.25) is 0 Å². The number of fused-ring (bicyclic) bond motifs is 1. The molecule has 2 N–H and O–H groups in total. The molecule has 1 aliphatic rings. The van der Waals surface area contributed by atoms with E-state index in [1.54, 1.807) is 12.1 Å². The third-order valence-electron chi connectivity index (χ3n) is 3.50. The number of benzene rings is 1. The van der Waals surface area contributed by atoms with Crippen LogP contribution in [-0.2, 0) is 15.9 Å². The van der Waals surface area contributed by atoms with Crippen molar-refractivity contribution in [3.8, 4) is 0 Å². The number of hydrogen-bond acceptors (Lipinski definition) is 3. The summed E-state index contributed by atoms with van der Waals surface area (Å²) in [6.45, 7) is 1.50. The van der Waals surface area contributed by atoms with Crippen LogP contribution in [0.15, 0.2) is 24.3 Å². The summed E-state index contributed by atoms with van der Waals surface area (Å²) >= 11 is 0. The van der Waals surface area contributed by atoms with Crippen molar-refractivity contribution in [2.24, 2.45) is 0 Å².